The minimum Gasteiger partial charge on any atom is -0.371 e. The van der Waals surface area contributed by atoms with Gasteiger partial charge in [-0.05, 0) is 39.3 Å². The molecule has 0 aliphatic rings. The average Bonchev–Trinajstić information content (AvgIpc) is 2.43. The van der Waals surface area contributed by atoms with Crippen LogP contribution in [0.3, 0.4) is 0 Å². The maximum atomic E-state index is 5.78. The molecule has 0 rings (SSSR count). The number of hydrogen-bond acceptors (Lipinski definition) is 3. The molecule has 0 aromatic heterocycles. The molecular formula is C16H34O3Si. The highest BCUT2D eigenvalue weighted by Gasteiger charge is 2.37. The van der Waals surface area contributed by atoms with E-state index >= 15 is 0 Å². The zero-order chi connectivity index (χ0) is 15.1. The molecule has 0 aromatic carbocycles. The molecule has 0 aliphatic heterocycles. The van der Waals surface area contributed by atoms with Crippen LogP contribution in [-0.2, 0) is 13.3 Å². The van der Waals surface area contributed by atoms with Crippen LogP contribution in [0.2, 0.25) is 0 Å². The van der Waals surface area contributed by atoms with E-state index in [2.05, 4.69) is 18.7 Å². The number of unbranched alkanes of at least 4 members (excludes halogenated alkanes) is 6. The van der Waals surface area contributed by atoms with Crippen LogP contribution in [0, 0.1) is 0 Å². The summed E-state index contributed by atoms with van der Waals surface area (Å²) in [4.78, 5) is 0. The molecule has 0 radical (unpaired) electrons. The van der Waals surface area contributed by atoms with Crippen molar-refractivity contribution in [2.24, 2.45) is 0 Å². The minimum atomic E-state index is -2.56. The highest BCUT2D eigenvalue weighted by molar-refractivity contribution is 6.66. The zero-order valence-corrected chi connectivity index (χ0v) is 15.0. The summed E-state index contributed by atoms with van der Waals surface area (Å²) in [6.45, 7) is 10.1. The van der Waals surface area contributed by atoms with Gasteiger partial charge in [-0.3, -0.25) is 0 Å². The quantitative estimate of drug-likeness (QED) is 0.338. The lowest BCUT2D eigenvalue weighted by molar-refractivity contribution is 0.0842. The molecule has 0 fully saturated rings. The zero-order valence-electron chi connectivity index (χ0n) is 14.0. The first-order valence-electron chi connectivity index (χ1n) is 8.34. The second-order valence-corrected chi connectivity index (χ2v) is 7.27. The first kappa shape index (κ1) is 19.8. The molecule has 20 heavy (non-hydrogen) atoms. The van der Waals surface area contributed by atoms with Gasteiger partial charge in [-0.15, -0.1) is 0 Å². The van der Waals surface area contributed by atoms with E-state index in [1.165, 1.54) is 38.5 Å². The summed E-state index contributed by atoms with van der Waals surface area (Å²) in [7, 11) is -2.56. The maximum Gasteiger partial charge on any atom is 0.529 e. The molecule has 0 heterocycles. The van der Waals surface area contributed by atoms with Gasteiger partial charge in [0.1, 0.15) is 0 Å². The number of allylic oxidation sites excluding steroid dienone is 1. The highest BCUT2D eigenvalue weighted by Crippen LogP contribution is 2.14. The Morgan fingerprint density at radius 3 is 1.70 bits per heavy atom. The van der Waals surface area contributed by atoms with Gasteiger partial charge in [0.2, 0.25) is 0 Å². The second-order valence-electron chi connectivity index (χ2n) is 4.86. The monoisotopic (exact) mass is 302 g/mol. The van der Waals surface area contributed by atoms with E-state index in [9.17, 15) is 0 Å². The molecule has 0 aliphatic carbocycles. The van der Waals surface area contributed by atoms with Gasteiger partial charge in [0, 0.05) is 19.8 Å². The Balaban J connectivity index is 4.04. The number of rotatable bonds is 14. The van der Waals surface area contributed by atoms with Crippen molar-refractivity contribution in [1.29, 1.82) is 0 Å². The van der Waals surface area contributed by atoms with Crippen LogP contribution < -0.4 is 0 Å². The Kier molecular flexibility index (Phi) is 13.7. The molecule has 0 unspecified atom stereocenters. The smallest absolute Gasteiger partial charge is 0.371 e. The Morgan fingerprint density at radius 1 is 0.700 bits per heavy atom. The van der Waals surface area contributed by atoms with Crippen molar-refractivity contribution in [3.05, 3.63) is 11.8 Å². The third-order valence-corrected chi connectivity index (χ3v) is 5.80. The topological polar surface area (TPSA) is 27.7 Å². The SMILES string of the molecule is CCCCCCCC/C=C/[Si](OCC)(OCC)OCC. The number of hydrogen-bond donors (Lipinski definition) is 0. The molecule has 0 spiro atoms. The fourth-order valence-corrected chi connectivity index (χ4v) is 4.34. The average molecular weight is 303 g/mol. The lowest BCUT2D eigenvalue weighted by Crippen LogP contribution is -2.44. The highest BCUT2D eigenvalue weighted by atomic mass is 28.4. The third-order valence-electron chi connectivity index (χ3n) is 3.08. The van der Waals surface area contributed by atoms with E-state index in [1.807, 2.05) is 20.8 Å². The lowest BCUT2D eigenvalue weighted by atomic mass is 10.1. The molecule has 0 saturated heterocycles. The van der Waals surface area contributed by atoms with E-state index in [0.717, 1.165) is 6.42 Å². The van der Waals surface area contributed by atoms with E-state index in [1.54, 1.807) is 0 Å². The Morgan fingerprint density at radius 2 is 1.20 bits per heavy atom. The van der Waals surface area contributed by atoms with Crippen LogP contribution >= 0.6 is 0 Å². The Hall–Kier alpha value is -0.163. The fourth-order valence-electron chi connectivity index (χ4n) is 2.14. The van der Waals surface area contributed by atoms with Crippen molar-refractivity contribution in [2.45, 2.75) is 72.6 Å². The van der Waals surface area contributed by atoms with Crippen molar-refractivity contribution in [2.75, 3.05) is 19.8 Å². The molecule has 0 N–H and O–H groups in total. The van der Waals surface area contributed by atoms with Crippen molar-refractivity contribution in [3.63, 3.8) is 0 Å². The molecule has 0 atom stereocenters. The second kappa shape index (κ2) is 13.8. The molecule has 120 valence electrons. The van der Waals surface area contributed by atoms with Gasteiger partial charge in [-0.25, -0.2) is 0 Å². The van der Waals surface area contributed by atoms with Gasteiger partial charge >= 0.3 is 8.80 Å². The Labute approximate surface area is 127 Å². The van der Waals surface area contributed by atoms with Crippen molar-refractivity contribution in [3.8, 4) is 0 Å². The predicted octanol–water partition coefficient (Wildman–Crippen LogP) is 4.88. The first-order valence-corrected chi connectivity index (χ1v) is 10.1. The molecular weight excluding hydrogens is 268 g/mol. The molecule has 0 bridgehead atoms. The van der Waals surface area contributed by atoms with E-state index < -0.39 is 8.80 Å². The summed E-state index contributed by atoms with van der Waals surface area (Å²) in [6, 6.07) is 0. The first-order chi connectivity index (χ1) is 9.74. The summed E-state index contributed by atoms with van der Waals surface area (Å²) in [5, 5.41) is 0. The minimum absolute atomic E-state index is 0.633. The molecule has 0 aromatic rings. The largest absolute Gasteiger partial charge is 0.529 e. The van der Waals surface area contributed by atoms with Crippen LogP contribution in [-0.4, -0.2) is 28.6 Å². The molecule has 0 saturated carbocycles. The summed E-state index contributed by atoms with van der Waals surface area (Å²) < 4.78 is 17.3. The van der Waals surface area contributed by atoms with Gasteiger partial charge in [-0.1, -0.05) is 45.1 Å². The predicted molar refractivity (Wildman–Crippen MR) is 87.8 cm³/mol. The molecule has 3 nitrogen and oxygen atoms in total. The van der Waals surface area contributed by atoms with Gasteiger partial charge in [0.25, 0.3) is 0 Å². The van der Waals surface area contributed by atoms with Crippen LogP contribution in [0.1, 0.15) is 72.6 Å². The van der Waals surface area contributed by atoms with Gasteiger partial charge in [0.15, 0.2) is 0 Å². The summed E-state index contributed by atoms with van der Waals surface area (Å²) in [5.41, 5.74) is 2.07. The molecule has 0 amide bonds. The molecule has 4 heteroatoms. The van der Waals surface area contributed by atoms with E-state index in [4.69, 9.17) is 13.3 Å². The summed E-state index contributed by atoms with van der Waals surface area (Å²) >= 11 is 0. The van der Waals surface area contributed by atoms with Gasteiger partial charge in [0.05, 0.1) is 0 Å². The van der Waals surface area contributed by atoms with Gasteiger partial charge < -0.3 is 13.3 Å². The standard InChI is InChI=1S/C16H34O3Si/c1-5-9-10-11-12-13-14-15-16-20(17-6-2,18-7-3)19-8-4/h15-16H,5-14H2,1-4H3/b16-15+. The van der Waals surface area contributed by atoms with E-state index in [0.29, 0.717) is 19.8 Å². The van der Waals surface area contributed by atoms with Crippen LogP contribution in [0.25, 0.3) is 0 Å². The van der Waals surface area contributed by atoms with Crippen LogP contribution in [0.5, 0.6) is 0 Å². The Bertz CT molecular complexity index is 215. The van der Waals surface area contributed by atoms with Crippen molar-refractivity contribution < 1.29 is 13.3 Å². The van der Waals surface area contributed by atoms with Crippen molar-refractivity contribution in [1.82, 2.24) is 0 Å². The van der Waals surface area contributed by atoms with Crippen LogP contribution in [0.15, 0.2) is 11.8 Å². The summed E-state index contributed by atoms with van der Waals surface area (Å²) in [5.74, 6) is 0. The van der Waals surface area contributed by atoms with Crippen LogP contribution in [0.4, 0.5) is 0 Å². The third kappa shape index (κ3) is 9.70. The van der Waals surface area contributed by atoms with E-state index in [-0.39, 0.29) is 0 Å². The summed E-state index contributed by atoms with van der Waals surface area (Å²) in [6.07, 6.45) is 11.2. The fraction of sp³-hybridized carbons (Fsp3) is 0.875. The lowest BCUT2D eigenvalue weighted by Gasteiger charge is -2.25. The van der Waals surface area contributed by atoms with Crippen molar-refractivity contribution >= 4 is 8.80 Å². The normalized spacial score (nSPS) is 12.4. The maximum absolute atomic E-state index is 5.78. The van der Waals surface area contributed by atoms with Gasteiger partial charge in [-0.2, -0.15) is 0 Å².